The predicted molar refractivity (Wildman–Crippen MR) is 71.3 cm³/mol. The van der Waals surface area contributed by atoms with Gasteiger partial charge in [0.15, 0.2) is 0 Å². The molecule has 0 bridgehead atoms. The molecule has 20 heavy (non-hydrogen) atoms. The Labute approximate surface area is 121 Å². The molecule has 1 aromatic rings. The summed E-state index contributed by atoms with van der Waals surface area (Å²) >= 11 is 5.73. The monoisotopic (exact) mass is 323 g/mol. The smallest absolute Gasteiger partial charge is 0.337 e. The number of nitrogens with zero attached hydrogens (tertiary/aromatic N) is 1. The zero-order valence-corrected chi connectivity index (χ0v) is 11.9. The van der Waals surface area contributed by atoms with Gasteiger partial charge in [0.1, 0.15) is 0 Å². The lowest BCUT2D eigenvalue weighted by Gasteiger charge is -2.20. The van der Waals surface area contributed by atoms with E-state index in [0.717, 1.165) is 22.5 Å². The van der Waals surface area contributed by atoms with E-state index in [0.29, 0.717) is 0 Å². The first-order chi connectivity index (χ1) is 9.34. The maximum absolute atomic E-state index is 12.2. The summed E-state index contributed by atoms with van der Waals surface area (Å²) in [7, 11) is -3.95. The number of halogens is 1. The number of aromatic carboxylic acids is 1. The Kier molecular flexibility index (Phi) is 5.90. The Bertz CT molecular complexity index is 583. The quantitative estimate of drug-likeness (QED) is 0.651. The lowest BCUT2D eigenvalue weighted by molar-refractivity contribution is 0.0697. The summed E-state index contributed by atoms with van der Waals surface area (Å²) in [6.07, 6.45) is 0. The van der Waals surface area contributed by atoms with Gasteiger partial charge in [-0.15, -0.1) is 0 Å². The molecule has 0 atom stereocenters. The Morgan fingerprint density at radius 3 is 2.15 bits per heavy atom. The number of benzene rings is 1. The number of aliphatic hydroxyl groups is 2. The topological polar surface area (TPSA) is 115 Å². The second-order valence-corrected chi connectivity index (χ2v) is 6.14. The van der Waals surface area contributed by atoms with Crippen molar-refractivity contribution in [1.29, 1.82) is 0 Å². The highest BCUT2D eigenvalue weighted by Gasteiger charge is 2.25. The maximum Gasteiger partial charge on any atom is 0.337 e. The van der Waals surface area contributed by atoms with E-state index in [1.54, 1.807) is 0 Å². The summed E-state index contributed by atoms with van der Waals surface area (Å²) in [4.78, 5) is 10.6. The van der Waals surface area contributed by atoms with Gasteiger partial charge in [-0.2, -0.15) is 4.31 Å². The van der Waals surface area contributed by atoms with Crippen molar-refractivity contribution < 1.29 is 28.5 Å². The molecule has 0 saturated carbocycles. The van der Waals surface area contributed by atoms with Crippen molar-refractivity contribution in [2.75, 3.05) is 26.3 Å². The third-order valence-corrected chi connectivity index (χ3v) is 4.71. The average Bonchev–Trinajstić information content (AvgIpc) is 2.37. The minimum absolute atomic E-state index is 0.179. The molecule has 0 heterocycles. The number of aliphatic hydroxyl groups excluding tert-OH is 2. The van der Waals surface area contributed by atoms with Crippen LogP contribution in [0.25, 0.3) is 0 Å². The van der Waals surface area contributed by atoms with Gasteiger partial charge in [0, 0.05) is 13.1 Å². The Hall–Kier alpha value is -1.19. The van der Waals surface area contributed by atoms with Gasteiger partial charge in [0.05, 0.1) is 28.7 Å². The highest BCUT2D eigenvalue weighted by atomic mass is 35.5. The number of carboxylic acid groups (broad SMARTS) is 1. The van der Waals surface area contributed by atoms with Gasteiger partial charge >= 0.3 is 5.97 Å². The van der Waals surface area contributed by atoms with Crippen LogP contribution < -0.4 is 0 Å². The summed E-state index contributed by atoms with van der Waals surface area (Å²) < 4.78 is 25.4. The molecule has 0 aliphatic heterocycles. The zero-order chi connectivity index (χ0) is 15.3. The fourth-order valence-corrected chi connectivity index (χ4v) is 3.33. The molecular formula is C11H14ClNO6S. The Morgan fingerprint density at radius 2 is 1.75 bits per heavy atom. The van der Waals surface area contributed by atoms with Gasteiger partial charge in [-0.05, 0) is 18.2 Å². The lowest BCUT2D eigenvalue weighted by Crippen LogP contribution is -2.35. The van der Waals surface area contributed by atoms with Crippen molar-refractivity contribution in [3.05, 3.63) is 28.8 Å². The van der Waals surface area contributed by atoms with Gasteiger partial charge in [0.2, 0.25) is 10.0 Å². The molecule has 0 saturated heterocycles. The first kappa shape index (κ1) is 16.9. The van der Waals surface area contributed by atoms with E-state index in [1.165, 1.54) is 0 Å². The number of carbonyl (C=O) groups is 1. The summed E-state index contributed by atoms with van der Waals surface area (Å²) in [6, 6.07) is 3.24. The normalized spacial score (nSPS) is 11.8. The predicted octanol–water partition coefficient (Wildman–Crippen LogP) is 0.0135. The number of hydrogen-bond acceptors (Lipinski definition) is 5. The molecule has 7 nitrogen and oxygen atoms in total. The van der Waals surface area contributed by atoms with Gasteiger partial charge in [-0.25, -0.2) is 13.2 Å². The van der Waals surface area contributed by atoms with Crippen molar-refractivity contribution in [2.24, 2.45) is 0 Å². The second-order valence-electron chi connectivity index (χ2n) is 3.80. The molecule has 1 aromatic carbocycles. The molecule has 0 spiro atoms. The number of hydrogen-bond donors (Lipinski definition) is 3. The molecule has 9 heteroatoms. The molecule has 0 aliphatic carbocycles. The van der Waals surface area contributed by atoms with Crippen LogP contribution in [0.3, 0.4) is 0 Å². The number of rotatable bonds is 7. The van der Waals surface area contributed by atoms with Crippen LogP contribution in [-0.2, 0) is 10.0 Å². The molecule has 0 unspecified atom stereocenters. The number of carboxylic acids is 1. The zero-order valence-electron chi connectivity index (χ0n) is 10.4. The fraction of sp³-hybridized carbons (Fsp3) is 0.364. The molecule has 3 N–H and O–H groups in total. The van der Waals surface area contributed by atoms with Crippen LogP contribution in [0.5, 0.6) is 0 Å². The van der Waals surface area contributed by atoms with Gasteiger partial charge in [-0.1, -0.05) is 11.6 Å². The standard InChI is InChI=1S/C11H14ClNO6S/c12-10-7-8(1-2-9(10)11(16)17)20(18,19)13(3-5-14)4-6-15/h1-2,7,14-15H,3-6H2,(H,16,17). The van der Waals surface area contributed by atoms with Crippen LogP contribution >= 0.6 is 11.6 Å². The summed E-state index contributed by atoms with van der Waals surface area (Å²) in [5.41, 5.74) is -0.207. The SMILES string of the molecule is O=C(O)c1ccc(S(=O)(=O)N(CCO)CCO)cc1Cl. The van der Waals surface area contributed by atoms with Gasteiger partial charge in [0.25, 0.3) is 0 Å². The van der Waals surface area contributed by atoms with E-state index in [1.807, 2.05) is 0 Å². The molecule has 0 amide bonds. The van der Waals surface area contributed by atoms with Crippen molar-refractivity contribution in [2.45, 2.75) is 4.90 Å². The largest absolute Gasteiger partial charge is 0.478 e. The van der Waals surface area contributed by atoms with E-state index in [2.05, 4.69) is 0 Å². The second kappa shape index (κ2) is 7.00. The van der Waals surface area contributed by atoms with Crippen molar-refractivity contribution in [3.8, 4) is 0 Å². The summed E-state index contributed by atoms with van der Waals surface area (Å²) in [6.45, 7) is -1.16. The molecule has 112 valence electrons. The van der Waals surface area contributed by atoms with E-state index < -0.39 is 29.2 Å². The maximum atomic E-state index is 12.2. The Balaban J connectivity index is 3.20. The van der Waals surface area contributed by atoms with Crippen molar-refractivity contribution >= 4 is 27.6 Å². The molecule has 0 fully saturated rings. The molecular weight excluding hydrogens is 310 g/mol. The lowest BCUT2D eigenvalue weighted by atomic mass is 10.2. The summed E-state index contributed by atoms with van der Waals surface area (Å²) in [5.74, 6) is -1.26. The third-order valence-electron chi connectivity index (χ3n) is 2.51. The summed E-state index contributed by atoms with van der Waals surface area (Å²) in [5, 5.41) is 26.3. The van der Waals surface area contributed by atoms with E-state index >= 15 is 0 Å². The molecule has 0 aliphatic rings. The minimum Gasteiger partial charge on any atom is -0.478 e. The number of sulfonamides is 1. The molecule has 0 aromatic heterocycles. The van der Waals surface area contributed by atoms with Crippen molar-refractivity contribution in [3.63, 3.8) is 0 Å². The van der Waals surface area contributed by atoms with Gasteiger partial charge in [-0.3, -0.25) is 0 Å². The fourth-order valence-electron chi connectivity index (χ4n) is 1.55. The molecule has 1 rings (SSSR count). The van der Waals surface area contributed by atoms with E-state index in [-0.39, 0.29) is 28.6 Å². The van der Waals surface area contributed by atoms with Gasteiger partial charge < -0.3 is 15.3 Å². The van der Waals surface area contributed by atoms with Crippen LogP contribution in [-0.4, -0.2) is 60.3 Å². The van der Waals surface area contributed by atoms with Crippen LogP contribution in [0.15, 0.2) is 23.1 Å². The van der Waals surface area contributed by atoms with Crippen LogP contribution in [0, 0.1) is 0 Å². The van der Waals surface area contributed by atoms with E-state index in [4.69, 9.17) is 26.9 Å². The van der Waals surface area contributed by atoms with Crippen molar-refractivity contribution in [1.82, 2.24) is 4.31 Å². The Morgan fingerprint density at radius 1 is 1.20 bits per heavy atom. The van der Waals surface area contributed by atoms with Crippen LogP contribution in [0.2, 0.25) is 5.02 Å². The average molecular weight is 324 g/mol. The highest BCUT2D eigenvalue weighted by molar-refractivity contribution is 7.89. The van der Waals surface area contributed by atoms with Crippen LogP contribution in [0.4, 0.5) is 0 Å². The van der Waals surface area contributed by atoms with Crippen LogP contribution in [0.1, 0.15) is 10.4 Å². The first-order valence-corrected chi connectivity index (χ1v) is 7.41. The highest BCUT2D eigenvalue weighted by Crippen LogP contribution is 2.23. The third kappa shape index (κ3) is 3.68. The molecule has 0 radical (unpaired) electrons. The first-order valence-electron chi connectivity index (χ1n) is 5.59. The van der Waals surface area contributed by atoms with E-state index in [9.17, 15) is 13.2 Å². The minimum atomic E-state index is -3.95.